The summed E-state index contributed by atoms with van der Waals surface area (Å²) in [6, 6.07) is 22.6. The number of nitrogens with zero attached hydrogens (tertiary/aromatic N) is 2. The smallest absolute Gasteiger partial charge is 0.245 e. The third-order valence-electron chi connectivity index (χ3n) is 5.46. The van der Waals surface area contributed by atoms with E-state index in [1.54, 1.807) is 11.1 Å². The Labute approximate surface area is 197 Å². The van der Waals surface area contributed by atoms with Crippen LogP contribution in [0.5, 0.6) is 5.75 Å². The first kappa shape index (κ1) is 22.6. The summed E-state index contributed by atoms with van der Waals surface area (Å²) in [6.45, 7) is 2.72. The third-order valence-corrected chi connectivity index (χ3v) is 5.83. The number of carbonyl (C=O) groups excluding carboxylic acids is 2. The zero-order valence-corrected chi connectivity index (χ0v) is 19.0. The molecule has 0 aliphatic carbocycles. The molecule has 1 fully saturated rings. The summed E-state index contributed by atoms with van der Waals surface area (Å²) in [7, 11) is 0. The number of hydrogen-bond donors (Lipinski definition) is 1. The zero-order chi connectivity index (χ0) is 23.2. The third kappa shape index (κ3) is 5.79. The van der Waals surface area contributed by atoms with E-state index in [4.69, 9.17) is 16.3 Å². The van der Waals surface area contributed by atoms with Gasteiger partial charge in [-0.2, -0.15) is 5.10 Å². The Morgan fingerprint density at radius 3 is 2.58 bits per heavy atom. The van der Waals surface area contributed by atoms with Crippen molar-refractivity contribution in [2.45, 2.75) is 20.0 Å². The fraction of sp³-hybridized carbons (Fsp3) is 0.192. The lowest BCUT2D eigenvalue weighted by Gasteiger charge is -2.16. The van der Waals surface area contributed by atoms with Crippen molar-refractivity contribution in [1.82, 2.24) is 5.43 Å². The van der Waals surface area contributed by atoms with Gasteiger partial charge in [0.15, 0.2) is 0 Å². The molecule has 1 aliphatic rings. The van der Waals surface area contributed by atoms with Gasteiger partial charge in [0.25, 0.3) is 0 Å². The summed E-state index contributed by atoms with van der Waals surface area (Å²) < 4.78 is 5.77. The monoisotopic (exact) mass is 461 g/mol. The number of rotatable bonds is 7. The average molecular weight is 462 g/mol. The van der Waals surface area contributed by atoms with Gasteiger partial charge in [-0.25, -0.2) is 5.43 Å². The SMILES string of the molecule is Cc1ccc(N2C[C@@H](C(=O)N/N=C/c3ccc(OCc4ccccc4Cl)cc3)CC2=O)cc1. The van der Waals surface area contributed by atoms with Crippen LogP contribution in [0.1, 0.15) is 23.1 Å². The fourth-order valence-corrected chi connectivity index (χ4v) is 3.74. The summed E-state index contributed by atoms with van der Waals surface area (Å²) in [5.41, 5.74) is 6.20. The van der Waals surface area contributed by atoms with Crippen LogP contribution in [0.4, 0.5) is 5.69 Å². The van der Waals surface area contributed by atoms with Gasteiger partial charge < -0.3 is 9.64 Å². The van der Waals surface area contributed by atoms with Crippen LogP contribution in [0.3, 0.4) is 0 Å². The first-order chi connectivity index (χ1) is 16.0. The van der Waals surface area contributed by atoms with Crippen LogP contribution < -0.4 is 15.1 Å². The standard InChI is InChI=1S/C26H24ClN3O3/c1-18-6-10-22(11-7-18)30-16-21(14-25(30)31)26(32)29-28-15-19-8-12-23(13-9-19)33-17-20-4-2-3-5-24(20)27/h2-13,15,21H,14,16-17H2,1H3,(H,29,32)/b28-15+/t21-/m0/s1. The van der Waals surface area contributed by atoms with Gasteiger partial charge in [-0.05, 0) is 55.0 Å². The Kier molecular flexibility index (Phi) is 7.05. The molecule has 0 bridgehead atoms. The van der Waals surface area contributed by atoms with Gasteiger partial charge in [-0.3, -0.25) is 9.59 Å². The van der Waals surface area contributed by atoms with E-state index < -0.39 is 5.92 Å². The number of benzene rings is 3. The number of amides is 2. The number of halogens is 1. The minimum Gasteiger partial charge on any atom is -0.489 e. The number of ether oxygens (including phenoxy) is 1. The van der Waals surface area contributed by atoms with Gasteiger partial charge in [0.05, 0.1) is 12.1 Å². The second-order valence-electron chi connectivity index (χ2n) is 7.92. The topological polar surface area (TPSA) is 71.0 Å². The summed E-state index contributed by atoms with van der Waals surface area (Å²) in [5.74, 6) is -0.0578. The normalized spacial score (nSPS) is 15.8. The molecule has 7 heteroatoms. The molecule has 1 saturated heterocycles. The number of hydrogen-bond acceptors (Lipinski definition) is 4. The number of nitrogens with one attached hydrogen (secondary N) is 1. The van der Waals surface area contributed by atoms with Crippen molar-refractivity contribution in [3.05, 3.63) is 94.5 Å². The highest BCUT2D eigenvalue weighted by Crippen LogP contribution is 2.25. The highest BCUT2D eigenvalue weighted by molar-refractivity contribution is 6.31. The van der Waals surface area contributed by atoms with Crippen molar-refractivity contribution in [2.75, 3.05) is 11.4 Å². The Bertz CT molecular complexity index is 1160. The molecular weight excluding hydrogens is 438 g/mol. The molecule has 1 N–H and O–H groups in total. The quantitative estimate of drug-likeness (QED) is 0.408. The lowest BCUT2D eigenvalue weighted by atomic mass is 10.1. The second kappa shape index (κ2) is 10.3. The van der Waals surface area contributed by atoms with E-state index in [-0.39, 0.29) is 18.2 Å². The lowest BCUT2D eigenvalue weighted by Crippen LogP contribution is -2.30. The molecule has 0 unspecified atom stereocenters. The van der Waals surface area contributed by atoms with E-state index in [2.05, 4.69) is 10.5 Å². The second-order valence-corrected chi connectivity index (χ2v) is 8.33. The molecule has 3 aromatic rings. The minimum atomic E-state index is -0.434. The molecule has 1 heterocycles. The molecule has 2 amide bonds. The van der Waals surface area contributed by atoms with Crippen molar-refractivity contribution in [3.63, 3.8) is 0 Å². The van der Waals surface area contributed by atoms with Crippen LogP contribution in [0.15, 0.2) is 77.9 Å². The molecule has 1 atom stereocenters. The molecule has 0 saturated carbocycles. The van der Waals surface area contributed by atoms with Crippen molar-refractivity contribution in [3.8, 4) is 5.75 Å². The molecule has 0 spiro atoms. The largest absolute Gasteiger partial charge is 0.489 e. The molecule has 4 rings (SSSR count). The fourth-order valence-electron chi connectivity index (χ4n) is 3.55. The Morgan fingerprint density at radius 2 is 1.85 bits per heavy atom. The van der Waals surface area contributed by atoms with Gasteiger partial charge in [-0.1, -0.05) is 47.5 Å². The number of anilines is 1. The highest BCUT2D eigenvalue weighted by atomic mass is 35.5. The van der Waals surface area contributed by atoms with E-state index in [0.717, 1.165) is 22.4 Å². The van der Waals surface area contributed by atoms with Gasteiger partial charge >= 0.3 is 0 Å². The van der Waals surface area contributed by atoms with E-state index in [1.165, 1.54) is 0 Å². The van der Waals surface area contributed by atoms with Crippen molar-refractivity contribution >= 4 is 35.3 Å². The molecule has 0 radical (unpaired) electrons. The lowest BCUT2D eigenvalue weighted by molar-refractivity contribution is -0.126. The number of hydrazone groups is 1. The van der Waals surface area contributed by atoms with Gasteiger partial charge in [0.1, 0.15) is 12.4 Å². The predicted molar refractivity (Wildman–Crippen MR) is 130 cm³/mol. The van der Waals surface area contributed by atoms with Crippen LogP contribution in [-0.2, 0) is 16.2 Å². The van der Waals surface area contributed by atoms with Crippen molar-refractivity contribution < 1.29 is 14.3 Å². The molecule has 3 aromatic carbocycles. The number of carbonyl (C=O) groups is 2. The Hall–Kier alpha value is -3.64. The van der Waals surface area contributed by atoms with Crippen LogP contribution in [0.2, 0.25) is 5.02 Å². The number of aryl methyl sites for hydroxylation is 1. The van der Waals surface area contributed by atoms with Gasteiger partial charge in [0, 0.05) is 29.2 Å². The van der Waals surface area contributed by atoms with Crippen LogP contribution in [0.25, 0.3) is 0 Å². The predicted octanol–water partition coefficient (Wildman–Crippen LogP) is 4.73. The first-order valence-electron chi connectivity index (χ1n) is 10.7. The molecule has 168 valence electrons. The average Bonchev–Trinajstić information content (AvgIpc) is 3.21. The Morgan fingerprint density at radius 1 is 1.12 bits per heavy atom. The summed E-state index contributed by atoms with van der Waals surface area (Å²) in [6.07, 6.45) is 1.73. The van der Waals surface area contributed by atoms with E-state index in [0.29, 0.717) is 23.9 Å². The zero-order valence-electron chi connectivity index (χ0n) is 18.2. The van der Waals surface area contributed by atoms with Crippen LogP contribution in [0, 0.1) is 12.8 Å². The summed E-state index contributed by atoms with van der Waals surface area (Å²) in [5, 5.41) is 4.71. The maximum absolute atomic E-state index is 12.5. The molecular formula is C26H24ClN3O3. The van der Waals surface area contributed by atoms with E-state index in [1.807, 2.05) is 79.7 Å². The highest BCUT2D eigenvalue weighted by Gasteiger charge is 2.35. The maximum atomic E-state index is 12.5. The molecule has 33 heavy (non-hydrogen) atoms. The van der Waals surface area contributed by atoms with Gasteiger partial charge in [-0.15, -0.1) is 0 Å². The molecule has 0 aromatic heterocycles. The molecule has 1 aliphatic heterocycles. The van der Waals surface area contributed by atoms with Crippen LogP contribution in [-0.4, -0.2) is 24.6 Å². The Balaban J connectivity index is 1.27. The maximum Gasteiger partial charge on any atom is 0.245 e. The first-order valence-corrected chi connectivity index (χ1v) is 11.0. The van der Waals surface area contributed by atoms with Crippen LogP contribution >= 0.6 is 11.6 Å². The molecule has 6 nitrogen and oxygen atoms in total. The van der Waals surface area contributed by atoms with E-state index >= 15 is 0 Å². The van der Waals surface area contributed by atoms with Gasteiger partial charge in [0.2, 0.25) is 11.8 Å². The van der Waals surface area contributed by atoms with E-state index in [9.17, 15) is 9.59 Å². The minimum absolute atomic E-state index is 0.0599. The summed E-state index contributed by atoms with van der Waals surface area (Å²) in [4.78, 5) is 26.5. The van der Waals surface area contributed by atoms with Crippen molar-refractivity contribution in [2.24, 2.45) is 11.0 Å². The summed E-state index contributed by atoms with van der Waals surface area (Å²) >= 11 is 6.15. The van der Waals surface area contributed by atoms with Crippen molar-refractivity contribution in [1.29, 1.82) is 0 Å².